The number of nitrogens with two attached hydrogens (primary N) is 1. The molecule has 0 radical (unpaired) electrons. The average molecular weight is 318 g/mol. The average Bonchev–Trinajstić information content (AvgIpc) is 2.98. The highest BCUT2D eigenvalue weighted by Gasteiger charge is 2.23. The van der Waals surface area contributed by atoms with Gasteiger partial charge in [0.05, 0.1) is 5.69 Å². The molecule has 0 saturated carbocycles. The van der Waals surface area contributed by atoms with Crippen molar-refractivity contribution in [3.05, 3.63) is 53.7 Å². The Bertz CT molecular complexity index is 970. The van der Waals surface area contributed by atoms with E-state index in [1.807, 2.05) is 43.6 Å². The second-order valence-corrected chi connectivity index (χ2v) is 5.85. The summed E-state index contributed by atoms with van der Waals surface area (Å²) in [6.45, 7) is 4.74. The SMILES string of the molecule is Cc1c(N2C=CC=NC2)c(C)c2oc(N)nc2c1-c1ccccc1. The predicted molar refractivity (Wildman–Crippen MR) is 98.3 cm³/mol. The maximum absolute atomic E-state index is 5.86. The van der Waals surface area contributed by atoms with Gasteiger partial charge in [0, 0.05) is 23.5 Å². The van der Waals surface area contributed by atoms with Gasteiger partial charge in [0.1, 0.15) is 12.2 Å². The van der Waals surface area contributed by atoms with Crippen molar-refractivity contribution >= 4 is 29.0 Å². The first-order valence-corrected chi connectivity index (χ1v) is 7.84. The molecular weight excluding hydrogens is 300 g/mol. The minimum absolute atomic E-state index is 0.189. The Morgan fingerprint density at radius 2 is 1.92 bits per heavy atom. The molecule has 0 bridgehead atoms. The van der Waals surface area contributed by atoms with Gasteiger partial charge in [-0.15, -0.1) is 0 Å². The van der Waals surface area contributed by atoms with E-state index in [9.17, 15) is 0 Å². The van der Waals surface area contributed by atoms with Crippen molar-refractivity contribution in [3.8, 4) is 11.1 Å². The number of allylic oxidation sites excluding steroid dienone is 1. The standard InChI is InChI=1S/C19H18N4O/c1-12-15(14-7-4-3-5-8-14)16-18(24-19(20)22-16)13(2)17(12)23-10-6-9-21-11-23/h3-10H,11H2,1-2H3,(H2,20,22). The van der Waals surface area contributed by atoms with Crippen molar-refractivity contribution in [2.75, 3.05) is 17.3 Å². The number of benzene rings is 2. The highest BCUT2D eigenvalue weighted by molar-refractivity contribution is 6.00. The van der Waals surface area contributed by atoms with E-state index >= 15 is 0 Å². The molecule has 1 aliphatic heterocycles. The van der Waals surface area contributed by atoms with Gasteiger partial charge < -0.3 is 15.1 Å². The van der Waals surface area contributed by atoms with Gasteiger partial charge in [0.2, 0.25) is 0 Å². The Labute approximate surface area is 140 Å². The number of nitrogen functional groups attached to an aromatic ring is 1. The zero-order valence-corrected chi connectivity index (χ0v) is 13.7. The minimum atomic E-state index is 0.189. The van der Waals surface area contributed by atoms with Gasteiger partial charge in [-0.1, -0.05) is 30.3 Å². The van der Waals surface area contributed by atoms with Crippen molar-refractivity contribution in [1.29, 1.82) is 0 Å². The molecule has 0 spiro atoms. The van der Waals surface area contributed by atoms with E-state index in [4.69, 9.17) is 10.2 Å². The normalized spacial score (nSPS) is 13.8. The van der Waals surface area contributed by atoms with Crippen LogP contribution < -0.4 is 10.6 Å². The van der Waals surface area contributed by atoms with Crippen LogP contribution in [-0.2, 0) is 0 Å². The Hall–Kier alpha value is -3.08. The number of aromatic nitrogens is 1. The van der Waals surface area contributed by atoms with Crippen molar-refractivity contribution in [2.45, 2.75) is 13.8 Å². The molecule has 4 rings (SSSR count). The number of hydrogen-bond acceptors (Lipinski definition) is 5. The van der Waals surface area contributed by atoms with Crippen LogP contribution in [0.5, 0.6) is 0 Å². The zero-order chi connectivity index (χ0) is 16.7. The van der Waals surface area contributed by atoms with Gasteiger partial charge in [-0.2, -0.15) is 4.98 Å². The molecule has 24 heavy (non-hydrogen) atoms. The third-order valence-corrected chi connectivity index (χ3v) is 4.35. The molecule has 5 heteroatoms. The number of fused-ring (bicyclic) bond motifs is 1. The summed E-state index contributed by atoms with van der Waals surface area (Å²) in [5.74, 6) is 0. The maximum Gasteiger partial charge on any atom is 0.293 e. The number of hydrogen-bond donors (Lipinski definition) is 1. The van der Waals surface area contributed by atoms with E-state index < -0.39 is 0 Å². The maximum atomic E-state index is 5.86. The summed E-state index contributed by atoms with van der Waals surface area (Å²) < 4.78 is 5.72. The van der Waals surface area contributed by atoms with E-state index in [1.54, 1.807) is 0 Å². The van der Waals surface area contributed by atoms with E-state index in [-0.39, 0.29) is 6.01 Å². The van der Waals surface area contributed by atoms with Crippen LogP contribution in [0.15, 0.2) is 52.0 Å². The molecule has 0 atom stereocenters. The van der Waals surface area contributed by atoms with Gasteiger partial charge in [0.15, 0.2) is 5.58 Å². The molecule has 5 nitrogen and oxygen atoms in total. The summed E-state index contributed by atoms with van der Waals surface area (Å²) in [5.41, 5.74) is 12.8. The highest BCUT2D eigenvalue weighted by Crippen LogP contribution is 2.41. The van der Waals surface area contributed by atoms with Gasteiger partial charge in [-0.05, 0) is 31.1 Å². The first-order valence-electron chi connectivity index (χ1n) is 7.84. The smallest absolute Gasteiger partial charge is 0.293 e. The lowest BCUT2D eigenvalue weighted by Gasteiger charge is -2.26. The van der Waals surface area contributed by atoms with Crippen LogP contribution in [0.1, 0.15) is 11.1 Å². The first kappa shape index (κ1) is 14.5. The molecule has 0 unspecified atom stereocenters. The molecule has 120 valence electrons. The summed E-state index contributed by atoms with van der Waals surface area (Å²) in [6.07, 6.45) is 5.77. The zero-order valence-electron chi connectivity index (χ0n) is 13.7. The highest BCUT2D eigenvalue weighted by atomic mass is 16.4. The summed E-state index contributed by atoms with van der Waals surface area (Å²) in [6, 6.07) is 10.4. The lowest BCUT2D eigenvalue weighted by atomic mass is 9.94. The molecule has 3 aromatic rings. The van der Waals surface area contributed by atoms with Crippen LogP contribution in [0.2, 0.25) is 0 Å². The predicted octanol–water partition coefficient (Wildman–Crippen LogP) is 4.06. The summed E-state index contributed by atoms with van der Waals surface area (Å²) >= 11 is 0. The Morgan fingerprint density at radius 1 is 1.12 bits per heavy atom. The molecule has 0 amide bonds. The summed E-state index contributed by atoms with van der Waals surface area (Å²) in [4.78, 5) is 10.9. The van der Waals surface area contributed by atoms with E-state index in [2.05, 4.69) is 33.9 Å². The Morgan fingerprint density at radius 3 is 2.62 bits per heavy atom. The van der Waals surface area contributed by atoms with E-state index in [1.165, 1.54) is 0 Å². The Kier molecular flexibility index (Phi) is 3.34. The molecule has 2 N–H and O–H groups in total. The number of nitrogens with zero attached hydrogens (tertiary/aromatic N) is 3. The number of aryl methyl sites for hydroxylation is 1. The second-order valence-electron chi connectivity index (χ2n) is 5.85. The fourth-order valence-corrected chi connectivity index (χ4v) is 3.36. The van der Waals surface area contributed by atoms with E-state index in [0.29, 0.717) is 6.67 Å². The number of anilines is 2. The Balaban J connectivity index is 2.07. The minimum Gasteiger partial charge on any atom is -0.423 e. The van der Waals surface area contributed by atoms with Crippen molar-refractivity contribution in [3.63, 3.8) is 0 Å². The van der Waals surface area contributed by atoms with Crippen LogP contribution in [0.3, 0.4) is 0 Å². The number of oxazole rings is 1. The van der Waals surface area contributed by atoms with Crippen LogP contribution in [0, 0.1) is 13.8 Å². The quantitative estimate of drug-likeness (QED) is 0.774. The number of aliphatic imine (C=N–C) groups is 1. The third kappa shape index (κ3) is 2.17. The molecule has 2 heterocycles. The van der Waals surface area contributed by atoms with Crippen LogP contribution >= 0.6 is 0 Å². The second kappa shape index (κ2) is 5.53. The van der Waals surface area contributed by atoms with Crippen LogP contribution in [0.4, 0.5) is 11.7 Å². The largest absolute Gasteiger partial charge is 0.423 e. The molecule has 0 fully saturated rings. The molecule has 0 aliphatic carbocycles. The number of rotatable bonds is 2. The molecule has 2 aromatic carbocycles. The lowest BCUT2D eigenvalue weighted by molar-refractivity contribution is 0.623. The summed E-state index contributed by atoms with van der Waals surface area (Å²) in [7, 11) is 0. The van der Waals surface area contributed by atoms with Crippen molar-refractivity contribution in [1.82, 2.24) is 4.98 Å². The van der Waals surface area contributed by atoms with Gasteiger partial charge in [-0.3, -0.25) is 4.99 Å². The molecule has 1 aliphatic rings. The van der Waals surface area contributed by atoms with Gasteiger partial charge in [0.25, 0.3) is 6.01 Å². The topological polar surface area (TPSA) is 67.7 Å². The van der Waals surface area contributed by atoms with Crippen LogP contribution in [0.25, 0.3) is 22.2 Å². The molecule has 1 aromatic heterocycles. The lowest BCUT2D eigenvalue weighted by Crippen LogP contribution is -2.20. The fraction of sp³-hybridized carbons (Fsp3) is 0.158. The van der Waals surface area contributed by atoms with Crippen molar-refractivity contribution < 1.29 is 4.42 Å². The molecule has 0 saturated heterocycles. The van der Waals surface area contributed by atoms with Crippen LogP contribution in [-0.4, -0.2) is 17.9 Å². The first-order chi connectivity index (χ1) is 11.7. The van der Waals surface area contributed by atoms with E-state index in [0.717, 1.165) is 39.0 Å². The monoisotopic (exact) mass is 318 g/mol. The molecular formula is C19H18N4O. The van der Waals surface area contributed by atoms with Gasteiger partial charge >= 0.3 is 0 Å². The van der Waals surface area contributed by atoms with Crippen molar-refractivity contribution in [2.24, 2.45) is 4.99 Å². The van der Waals surface area contributed by atoms with Gasteiger partial charge in [-0.25, -0.2) is 0 Å². The summed E-state index contributed by atoms with van der Waals surface area (Å²) in [5, 5.41) is 0. The fourth-order valence-electron chi connectivity index (χ4n) is 3.36. The third-order valence-electron chi connectivity index (χ3n) is 4.35.